The average Bonchev–Trinajstić information content (AvgIpc) is 2.34. The predicted octanol–water partition coefficient (Wildman–Crippen LogP) is 1.80. The topological polar surface area (TPSA) is 34.9 Å². The van der Waals surface area contributed by atoms with Gasteiger partial charge in [-0.25, -0.2) is 0 Å². The van der Waals surface area contributed by atoms with E-state index in [4.69, 9.17) is 0 Å². The summed E-state index contributed by atoms with van der Waals surface area (Å²) in [7, 11) is 0. The first kappa shape index (κ1) is 8.46. The van der Waals surface area contributed by atoms with Crippen molar-refractivity contribution in [1.82, 2.24) is 9.78 Å². The molecule has 0 saturated heterocycles. The molecule has 3 nitrogen and oxygen atoms in total. The second-order valence-electron chi connectivity index (χ2n) is 2.43. The summed E-state index contributed by atoms with van der Waals surface area (Å²) in [6, 6.07) is -0.165. The molecule has 0 radical (unpaired) electrons. The third-order valence-corrected chi connectivity index (χ3v) is 1.96. The lowest BCUT2D eigenvalue weighted by Crippen LogP contribution is -2.13. The quantitative estimate of drug-likeness (QED) is 0.756. The van der Waals surface area contributed by atoms with Crippen molar-refractivity contribution in [2.24, 2.45) is 0 Å². The van der Waals surface area contributed by atoms with Crippen LogP contribution in [0.5, 0.6) is 0 Å². The molecule has 1 heterocycles. The van der Waals surface area contributed by atoms with Crippen LogP contribution in [-0.4, -0.2) is 15.6 Å². The molecular formula is C7H9BrN2O. The largest absolute Gasteiger partial charge is 0.298 e. The van der Waals surface area contributed by atoms with E-state index >= 15 is 0 Å². The maximum atomic E-state index is 10.9. The van der Waals surface area contributed by atoms with Gasteiger partial charge in [0.1, 0.15) is 6.04 Å². The molecule has 0 aliphatic carbocycles. The summed E-state index contributed by atoms with van der Waals surface area (Å²) in [6.07, 6.45) is 3.45. The number of aromatic nitrogens is 2. The zero-order chi connectivity index (χ0) is 8.43. The molecule has 0 aromatic carbocycles. The Hall–Kier alpha value is -0.640. The van der Waals surface area contributed by atoms with Crippen LogP contribution in [0.15, 0.2) is 16.9 Å². The summed E-state index contributed by atoms with van der Waals surface area (Å²) in [5.74, 6) is 0.112. The second kappa shape index (κ2) is 3.17. The average molecular weight is 217 g/mol. The van der Waals surface area contributed by atoms with Crippen molar-refractivity contribution in [3.05, 3.63) is 16.9 Å². The SMILES string of the molecule is CC(=O)C(C)n1cc(Br)cn1. The molecule has 0 N–H and O–H groups in total. The molecular weight excluding hydrogens is 208 g/mol. The van der Waals surface area contributed by atoms with Gasteiger partial charge in [-0.05, 0) is 29.8 Å². The molecule has 1 aromatic rings. The van der Waals surface area contributed by atoms with Crippen LogP contribution in [0.3, 0.4) is 0 Å². The first-order valence-corrected chi connectivity index (χ1v) is 4.10. The first-order chi connectivity index (χ1) is 5.11. The smallest absolute Gasteiger partial charge is 0.154 e. The second-order valence-corrected chi connectivity index (χ2v) is 3.34. The number of carbonyl (C=O) groups excluding carboxylic acids is 1. The van der Waals surface area contributed by atoms with Crippen molar-refractivity contribution in [3.8, 4) is 0 Å². The van der Waals surface area contributed by atoms with E-state index in [0.29, 0.717) is 0 Å². The van der Waals surface area contributed by atoms with Gasteiger partial charge in [0.05, 0.1) is 10.7 Å². The summed E-state index contributed by atoms with van der Waals surface area (Å²) in [5, 5.41) is 3.99. The number of Topliss-reactive ketones (excluding diaryl/α,β-unsaturated/α-hetero) is 1. The van der Waals surface area contributed by atoms with Gasteiger partial charge in [0.25, 0.3) is 0 Å². The summed E-state index contributed by atoms with van der Waals surface area (Å²) in [5.41, 5.74) is 0. The van der Waals surface area contributed by atoms with Crippen LogP contribution in [0, 0.1) is 0 Å². The molecule has 11 heavy (non-hydrogen) atoms. The Labute approximate surface area is 73.5 Å². The van der Waals surface area contributed by atoms with E-state index in [2.05, 4.69) is 21.0 Å². The molecule has 1 atom stereocenters. The highest BCUT2D eigenvalue weighted by Gasteiger charge is 2.09. The van der Waals surface area contributed by atoms with Crippen LogP contribution in [0.25, 0.3) is 0 Å². The van der Waals surface area contributed by atoms with Crippen LogP contribution >= 0.6 is 15.9 Å². The minimum absolute atomic E-state index is 0.112. The van der Waals surface area contributed by atoms with Crippen molar-refractivity contribution < 1.29 is 4.79 Å². The number of hydrogen-bond acceptors (Lipinski definition) is 2. The fourth-order valence-electron chi connectivity index (χ4n) is 0.713. The molecule has 1 rings (SSSR count). The summed E-state index contributed by atoms with van der Waals surface area (Å²) in [6.45, 7) is 3.38. The van der Waals surface area contributed by atoms with Gasteiger partial charge in [0.2, 0.25) is 0 Å². The lowest BCUT2D eigenvalue weighted by Gasteiger charge is -2.06. The molecule has 0 fully saturated rings. The van der Waals surface area contributed by atoms with E-state index in [-0.39, 0.29) is 11.8 Å². The van der Waals surface area contributed by atoms with Crippen LogP contribution in [0.4, 0.5) is 0 Å². The van der Waals surface area contributed by atoms with E-state index in [1.54, 1.807) is 24.0 Å². The van der Waals surface area contributed by atoms with Gasteiger partial charge in [0.15, 0.2) is 5.78 Å². The third kappa shape index (κ3) is 1.89. The predicted molar refractivity (Wildman–Crippen MR) is 45.3 cm³/mol. The Bertz CT molecular complexity index is 269. The van der Waals surface area contributed by atoms with E-state index in [0.717, 1.165) is 4.47 Å². The molecule has 1 aromatic heterocycles. The Morgan fingerprint density at radius 1 is 1.82 bits per heavy atom. The summed E-state index contributed by atoms with van der Waals surface area (Å²) >= 11 is 3.25. The van der Waals surface area contributed by atoms with E-state index in [1.807, 2.05) is 6.92 Å². The van der Waals surface area contributed by atoms with Gasteiger partial charge in [-0.2, -0.15) is 5.10 Å². The van der Waals surface area contributed by atoms with Gasteiger partial charge in [-0.3, -0.25) is 9.48 Å². The lowest BCUT2D eigenvalue weighted by molar-refractivity contribution is -0.119. The molecule has 0 bridgehead atoms. The normalized spacial score (nSPS) is 13.0. The molecule has 0 aliphatic heterocycles. The van der Waals surface area contributed by atoms with Crippen molar-refractivity contribution >= 4 is 21.7 Å². The highest BCUT2D eigenvalue weighted by Crippen LogP contribution is 2.11. The zero-order valence-corrected chi connectivity index (χ0v) is 8.00. The molecule has 0 saturated carbocycles. The van der Waals surface area contributed by atoms with Crippen molar-refractivity contribution in [3.63, 3.8) is 0 Å². The molecule has 4 heteroatoms. The molecule has 0 amide bonds. The number of ketones is 1. The van der Waals surface area contributed by atoms with Crippen LogP contribution in [0.1, 0.15) is 19.9 Å². The minimum Gasteiger partial charge on any atom is -0.298 e. The van der Waals surface area contributed by atoms with E-state index in [9.17, 15) is 4.79 Å². The molecule has 60 valence electrons. The van der Waals surface area contributed by atoms with Gasteiger partial charge < -0.3 is 0 Å². The van der Waals surface area contributed by atoms with Crippen molar-refractivity contribution in [2.75, 3.05) is 0 Å². The number of nitrogens with zero attached hydrogens (tertiary/aromatic N) is 2. The van der Waals surface area contributed by atoms with Gasteiger partial charge in [0, 0.05) is 6.20 Å². The fourth-order valence-corrected chi connectivity index (χ4v) is 1.01. The van der Waals surface area contributed by atoms with Crippen molar-refractivity contribution in [1.29, 1.82) is 0 Å². The maximum Gasteiger partial charge on any atom is 0.154 e. The number of halogens is 1. The van der Waals surface area contributed by atoms with Crippen LogP contribution in [0.2, 0.25) is 0 Å². The maximum absolute atomic E-state index is 10.9. The lowest BCUT2D eigenvalue weighted by atomic mass is 10.2. The summed E-state index contributed by atoms with van der Waals surface area (Å²) in [4.78, 5) is 10.9. The first-order valence-electron chi connectivity index (χ1n) is 3.31. The minimum atomic E-state index is -0.165. The van der Waals surface area contributed by atoms with Gasteiger partial charge >= 0.3 is 0 Å². The third-order valence-electron chi connectivity index (χ3n) is 1.56. The fraction of sp³-hybridized carbons (Fsp3) is 0.429. The standard InChI is InChI=1S/C7H9BrN2O/c1-5(6(2)11)10-4-7(8)3-9-10/h3-5H,1-2H3. The summed E-state index contributed by atoms with van der Waals surface area (Å²) < 4.78 is 2.53. The number of hydrogen-bond donors (Lipinski definition) is 0. The Balaban J connectivity index is 2.84. The Morgan fingerprint density at radius 3 is 2.82 bits per heavy atom. The zero-order valence-electron chi connectivity index (χ0n) is 6.41. The monoisotopic (exact) mass is 216 g/mol. The van der Waals surface area contributed by atoms with Gasteiger partial charge in [-0.15, -0.1) is 0 Å². The highest BCUT2D eigenvalue weighted by atomic mass is 79.9. The van der Waals surface area contributed by atoms with E-state index in [1.165, 1.54) is 0 Å². The Morgan fingerprint density at radius 2 is 2.45 bits per heavy atom. The van der Waals surface area contributed by atoms with Crippen molar-refractivity contribution in [2.45, 2.75) is 19.9 Å². The van der Waals surface area contributed by atoms with Crippen LogP contribution < -0.4 is 0 Å². The van der Waals surface area contributed by atoms with E-state index < -0.39 is 0 Å². The Kier molecular flexibility index (Phi) is 2.44. The molecule has 0 aliphatic rings. The van der Waals surface area contributed by atoms with Gasteiger partial charge in [-0.1, -0.05) is 0 Å². The molecule has 1 unspecified atom stereocenters. The van der Waals surface area contributed by atoms with Crippen LogP contribution in [-0.2, 0) is 4.79 Å². The number of carbonyl (C=O) groups is 1. The number of rotatable bonds is 2. The highest BCUT2D eigenvalue weighted by molar-refractivity contribution is 9.10. The molecule has 0 spiro atoms.